The van der Waals surface area contributed by atoms with Crippen molar-refractivity contribution in [3.63, 3.8) is 0 Å². The van der Waals surface area contributed by atoms with Crippen LogP contribution in [0.25, 0.3) is 0 Å². The standard InChI is InChI=1S/C41H61NO9Si/c1-5-6-21-42-37-19-17-36(18-20-37)40(43)50-34-32-48-30-28-46-26-24-44-22-23-45-25-27-47-29-31-49-33-35-51-52(41(2,3)4,38-13-9-7-10-14-38)39-15-11-8-12-16-39/h7-20,42H,5-6,21-35H2,1-4H3. The molecule has 3 aromatic carbocycles. The molecule has 0 aromatic heterocycles. The minimum Gasteiger partial charge on any atom is -0.460 e. The zero-order valence-corrected chi connectivity index (χ0v) is 32.8. The van der Waals surface area contributed by atoms with Gasteiger partial charge in [-0.05, 0) is 46.1 Å². The Hall–Kier alpha value is -3.13. The van der Waals surface area contributed by atoms with E-state index < -0.39 is 8.32 Å². The molecule has 0 aliphatic rings. The van der Waals surface area contributed by atoms with E-state index in [9.17, 15) is 4.79 Å². The molecule has 3 rings (SSSR count). The van der Waals surface area contributed by atoms with E-state index >= 15 is 0 Å². The fourth-order valence-electron chi connectivity index (χ4n) is 5.63. The van der Waals surface area contributed by atoms with E-state index in [1.807, 2.05) is 12.1 Å². The van der Waals surface area contributed by atoms with E-state index in [0.29, 0.717) is 91.5 Å². The van der Waals surface area contributed by atoms with Crippen molar-refractivity contribution in [2.24, 2.45) is 0 Å². The molecule has 288 valence electrons. The van der Waals surface area contributed by atoms with Gasteiger partial charge in [-0.2, -0.15) is 0 Å². The Morgan fingerprint density at radius 2 is 0.962 bits per heavy atom. The molecule has 0 spiro atoms. The Balaban J connectivity index is 1.10. The van der Waals surface area contributed by atoms with Crippen LogP contribution in [-0.4, -0.2) is 113 Å². The number of unbranched alkanes of at least 4 members (excludes halogenated alkanes) is 1. The summed E-state index contributed by atoms with van der Waals surface area (Å²) in [7, 11) is -2.54. The number of carbonyl (C=O) groups is 1. The van der Waals surface area contributed by atoms with Crippen molar-refractivity contribution in [3.05, 3.63) is 90.5 Å². The lowest BCUT2D eigenvalue weighted by molar-refractivity contribution is -0.0202. The molecule has 0 saturated carbocycles. The molecule has 0 saturated heterocycles. The molecule has 0 amide bonds. The highest BCUT2D eigenvalue weighted by Gasteiger charge is 2.50. The number of anilines is 1. The Morgan fingerprint density at radius 3 is 1.37 bits per heavy atom. The summed E-state index contributed by atoms with van der Waals surface area (Å²) >= 11 is 0. The third-order valence-corrected chi connectivity index (χ3v) is 13.3. The van der Waals surface area contributed by atoms with E-state index in [4.69, 9.17) is 37.6 Å². The van der Waals surface area contributed by atoms with E-state index in [-0.39, 0.29) is 17.6 Å². The summed E-state index contributed by atoms with van der Waals surface area (Å²) in [6.45, 7) is 16.2. The summed E-state index contributed by atoms with van der Waals surface area (Å²) in [6.07, 6.45) is 2.25. The molecule has 0 radical (unpaired) electrons. The van der Waals surface area contributed by atoms with Gasteiger partial charge in [0.25, 0.3) is 8.32 Å². The maximum Gasteiger partial charge on any atom is 0.338 e. The van der Waals surface area contributed by atoms with Crippen molar-refractivity contribution in [2.75, 3.05) is 104 Å². The van der Waals surface area contributed by atoms with E-state index in [0.717, 1.165) is 25.1 Å². The van der Waals surface area contributed by atoms with Gasteiger partial charge < -0.3 is 42.9 Å². The van der Waals surface area contributed by atoms with Crippen molar-refractivity contribution in [2.45, 2.75) is 45.6 Å². The fraction of sp³-hybridized carbons (Fsp3) is 0.537. The molecule has 0 atom stereocenters. The Kier molecular flexibility index (Phi) is 21.4. The summed E-state index contributed by atoms with van der Waals surface area (Å²) in [6, 6.07) is 28.6. The van der Waals surface area contributed by atoms with Crippen LogP contribution in [0, 0.1) is 0 Å². The van der Waals surface area contributed by atoms with Gasteiger partial charge >= 0.3 is 5.97 Å². The topological polar surface area (TPSA) is 103 Å². The second kappa shape index (κ2) is 25.8. The molecule has 3 aromatic rings. The van der Waals surface area contributed by atoms with Gasteiger partial charge in [-0.3, -0.25) is 0 Å². The predicted octanol–water partition coefficient (Wildman–Crippen LogP) is 5.73. The number of esters is 1. The first kappa shape index (κ1) is 43.3. The smallest absolute Gasteiger partial charge is 0.338 e. The molecule has 0 aliphatic carbocycles. The average molecular weight is 740 g/mol. The molecule has 0 heterocycles. The molecule has 52 heavy (non-hydrogen) atoms. The molecule has 11 heteroatoms. The number of nitrogens with one attached hydrogen (secondary N) is 1. The first-order chi connectivity index (χ1) is 25.4. The predicted molar refractivity (Wildman–Crippen MR) is 209 cm³/mol. The Bertz CT molecular complexity index is 1280. The van der Waals surface area contributed by atoms with Crippen molar-refractivity contribution >= 4 is 30.3 Å². The summed E-state index contributed by atoms with van der Waals surface area (Å²) in [5.41, 5.74) is 1.52. The number of hydrogen-bond acceptors (Lipinski definition) is 10. The van der Waals surface area contributed by atoms with Gasteiger partial charge in [0.1, 0.15) is 6.61 Å². The van der Waals surface area contributed by atoms with Gasteiger partial charge in [0, 0.05) is 12.2 Å². The van der Waals surface area contributed by atoms with Gasteiger partial charge in [0.15, 0.2) is 0 Å². The molecule has 0 aliphatic heterocycles. The first-order valence-electron chi connectivity index (χ1n) is 18.6. The van der Waals surface area contributed by atoms with Crippen LogP contribution < -0.4 is 15.7 Å². The first-order valence-corrected chi connectivity index (χ1v) is 20.5. The summed E-state index contributed by atoms with van der Waals surface area (Å²) in [5.74, 6) is -0.358. The van der Waals surface area contributed by atoms with Crippen LogP contribution in [0.3, 0.4) is 0 Å². The highest BCUT2D eigenvalue weighted by molar-refractivity contribution is 6.99. The molecule has 0 fully saturated rings. The number of rotatable bonds is 29. The third-order valence-electron chi connectivity index (χ3n) is 8.26. The lowest BCUT2D eigenvalue weighted by atomic mass is 10.2. The van der Waals surface area contributed by atoms with Crippen LogP contribution >= 0.6 is 0 Å². The molecular weight excluding hydrogens is 679 g/mol. The molecular formula is C41H61NO9Si. The third kappa shape index (κ3) is 15.9. The molecule has 10 nitrogen and oxygen atoms in total. The summed E-state index contributed by atoms with van der Waals surface area (Å²) < 4.78 is 45.7. The second-order valence-electron chi connectivity index (χ2n) is 13.2. The number of carbonyl (C=O) groups excluding carboxylic acids is 1. The van der Waals surface area contributed by atoms with E-state index in [2.05, 4.69) is 93.7 Å². The van der Waals surface area contributed by atoms with E-state index in [1.165, 1.54) is 10.4 Å². The summed E-state index contributed by atoms with van der Waals surface area (Å²) in [5, 5.41) is 5.79. The summed E-state index contributed by atoms with van der Waals surface area (Å²) in [4.78, 5) is 12.2. The van der Waals surface area contributed by atoms with Crippen LogP contribution in [0.5, 0.6) is 0 Å². The quantitative estimate of drug-likeness (QED) is 0.0540. The van der Waals surface area contributed by atoms with Crippen LogP contribution in [0.1, 0.15) is 50.9 Å². The van der Waals surface area contributed by atoms with Gasteiger partial charge in [0.2, 0.25) is 0 Å². The lowest BCUT2D eigenvalue weighted by Crippen LogP contribution is -2.66. The van der Waals surface area contributed by atoms with Crippen LogP contribution in [0.15, 0.2) is 84.9 Å². The zero-order chi connectivity index (χ0) is 37.2. The second-order valence-corrected chi connectivity index (χ2v) is 17.5. The van der Waals surface area contributed by atoms with Crippen LogP contribution in [0.2, 0.25) is 5.04 Å². The van der Waals surface area contributed by atoms with Crippen molar-refractivity contribution in [3.8, 4) is 0 Å². The van der Waals surface area contributed by atoms with Crippen molar-refractivity contribution < 1.29 is 42.4 Å². The maximum absolute atomic E-state index is 12.2. The minimum absolute atomic E-state index is 0.0604. The maximum atomic E-state index is 12.2. The van der Waals surface area contributed by atoms with Crippen molar-refractivity contribution in [1.29, 1.82) is 0 Å². The average Bonchev–Trinajstić information content (AvgIpc) is 3.15. The minimum atomic E-state index is -2.54. The number of ether oxygens (including phenoxy) is 7. The van der Waals surface area contributed by atoms with Gasteiger partial charge in [0.05, 0.1) is 91.5 Å². The van der Waals surface area contributed by atoms with Crippen LogP contribution in [-0.2, 0) is 37.6 Å². The molecule has 1 N–H and O–H groups in total. The lowest BCUT2D eigenvalue weighted by Gasteiger charge is -2.43. The highest BCUT2D eigenvalue weighted by Crippen LogP contribution is 2.36. The van der Waals surface area contributed by atoms with Gasteiger partial charge in [-0.1, -0.05) is 94.8 Å². The largest absolute Gasteiger partial charge is 0.460 e. The van der Waals surface area contributed by atoms with Crippen molar-refractivity contribution in [1.82, 2.24) is 0 Å². The Labute approximate surface area is 312 Å². The van der Waals surface area contributed by atoms with Gasteiger partial charge in [-0.15, -0.1) is 0 Å². The number of benzene rings is 3. The highest BCUT2D eigenvalue weighted by atomic mass is 28.4. The monoisotopic (exact) mass is 739 g/mol. The van der Waals surface area contributed by atoms with E-state index in [1.54, 1.807) is 12.1 Å². The zero-order valence-electron chi connectivity index (χ0n) is 31.8. The van der Waals surface area contributed by atoms with Gasteiger partial charge in [-0.25, -0.2) is 4.79 Å². The fourth-order valence-corrected chi connectivity index (χ4v) is 10.2. The Morgan fingerprint density at radius 1 is 0.558 bits per heavy atom. The molecule has 0 unspecified atom stereocenters. The van der Waals surface area contributed by atoms with Crippen LogP contribution in [0.4, 0.5) is 5.69 Å². The molecule has 0 bridgehead atoms. The number of hydrogen-bond donors (Lipinski definition) is 1. The SMILES string of the molecule is CCCCNc1ccc(C(=O)OCCOCCOCCOCCOCCOCCOCCO[Si](c2ccccc2)(c2ccccc2)C(C)(C)C)cc1. The normalized spacial score (nSPS) is 11.8.